The van der Waals surface area contributed by atoms with E-state index in [1.807, 2.05) is 11.0 Å². The summed E-state index contributed by atoms with van der Waals surface area (Å²) in [7, 11) is 0. The molecule has 0 aromatic rings. The molecule has 0 aromatic carbocycles. The lowest BCUT2D eigenvalue weighted by atomic mass is 10.2. The smallest absolute Gasteiger partial charge is 0.134 e. The number of nitrogens with one attached hydrogen (secondary N) is 1. The molecule has 0 saturated carbocycles. The van der Waals surface area contributed by atoms with Crippen molar-refractivity contribution in [1.29, 1.82) is 0 Å². The molecule has 0 aromatic heterocycles. The molecule has 5 N–H and O–H groups in total. The second kappa shape index (κ2) is 3.32. The van der Waals surface area contributed by atoms with Crippen molar-refractivity contribution >= 4 is 0 Å². The van der Waals surface area contributed by atoms with Crippen molar-refractivity contribution in [3.63, 3.8) is 0 Å². The molecule has 1 aliphatic rings. The van der Waals surface area contributed by atoms with E-state index >= 15 is 0 Å². The van der Waals surface area contributed by atoms with Gasteiger partial charge in [-0.15, -0.1) is 6.58 Å². The van der Waals surface area contributed by atoms with Crippen molar-refractivity contribution in [3.05, 3.63) is 12.7 Å². The highest BCUT2D eigenvalue weighted by atomic mass is 15.4. The molecule has 0 atom stereocenters. The molecule has 0 unspecified atom stereocenters. The standard InChI is InChI=1S/C7H16N4/c1-2-4-11-5-3-10-6-7(11,8)9/h2,10H,1,3-6,8-9H2. The van der Waals surface area contributed by atoms with Gasteiger partial charge >= 0.3 is 0 Å². The van der Waals surface area contributed by atoms with Gasteiger partial charge in [0.1, 0.15) is 5.79 Å². The lowest BCUT2D eigenvalue weighted by Crippen LogP contribution is -2.72. The van der Waals surface area contributed by atoms with Crippen LogP contribution in [0.15, 0.2) is 12.7 Å². The van der Waals surface area contributed by atoms with Crippen LogP contribution in [-0.2, 0) is 0 Å². The zero-order valence-corrected chi connectivity index (χ0v) is 6.71. The van der Waals surface area contributed by atoms with Crippen LogP contribution in [0.2, 0.25) is 0 Å². The van der Waals surface area contributed by atoms with Gasteiger partial charge in [0.05, 0.1) is 0 Å². The Morgan fingerprint density at radius 3 is 2.91 bits per heavy atom. The number of hydrogen-bond donors (Lipinski definition) is 3. The zero-order valence-electron chi connectivity index (χ0n) is 6.71. The van der Waals surface area contributed by atoms with Crippen molar-refractivity contribution in [1.82, 2.24) is 10.2 Å². The Hall–Kier alpha value is -0.420. The molecule has 1 rings (SSSR count). The number of nitrogens with two attached hydrogens (primary N) is 2. The van der Waals surface area contributed by atoms with E-state index < -0.39 is 5.79 Å². The molecule has 11 heavy (non-hydrogen) atoms. The van der Waals surface area contributed by atoms with Gasteiger partial charge < -0.3 is 5.32 Å². The summed E-state index contributed by atoms with van der Waals surface area (Å²) in [6, 6.07) is 0. The normalized spacial score (nSPS) is 24.9. The maximum atomic E-state index is 5.80. The average molecular weight is 156 g/mol. The van der Waals surface area contributed by atoms with Gasteiger partial charge in [0, 0.05) is 26.2 Å². The van der Waals surface area contributed by atoms with Crippen LogP contribution in [-0.4, -0.2) is 36.9 Å². The minimum absolute atomic E-state index is 0.640. The number of piperazine rings is 1. The molecule has 4 nitrogen and oxygen atoms in total. The maximum absolute atomic E-state index is 5.80. The van der Waals surface area contributed by atoms with Crippen molar-refractivity contribution in [2.24, 2.45) is 11.5 Å². The van der Waals surface area contributed by atoms with E-state index in [1.54, 1.807) is 0 Å². The molecule has 1 fully saturated rings. The summed E-state index contributed by atoms with van der Waals surface area (Å²) in [6.45, 7) is 6.88. The second-order valence-electron chi connectivity index (χ2n) is 2.90. The molecule has 0 aliphatic carbocycles. The van der Waals surface area contributed by atoms with Crippen LogP contribution >= 0.6 is 0 Å². The molecule has 0 spiro atoms. The van der Waals surface area contributed by atoms with Crippen molar-refractivity contribution in [2.45, 2.75) is 5.79 Å². The van der Waals surface area contributed by atoms with Gasteiger partial charge in [-0.25, -0.2) is 0 Å². The fraction of sp³-hybridized carbons (Fsp3) is 0.714. The van der Waals surface area contributed by atoms with Gasteiger partial charge in [0.2, 0.25) is 0 Å². The molecular formula is C7H16N4. The Bertz CT molecular complexity index is 143. The summed E-state index contributed by atoms with van der Waals surface area (Å²) >= 11 is 0. The largest absolute Gasteiger partial charge is 0.311 e. The fourth-order valence-electron chi connectivity index (χ4n) is 1.24. The molecular weight excluding hydrogens is 140 g/mol. The number of rotatable bonds is 2. The zero-order chi connectivity index (χ0) is 8.32. The van der Waals surface area contributed by atoms with Crippen molar-refractivity contribution in [3.8, 4) is 0 Å². The van der Waals surface area contributed by atoms with Crippen LogP contribution in [0.1, 0.15) is 0 Å². The van der Waals surface area contributed by atoms with E-state index in [9.17, 15) is 0 Å². The second-order valence-corrected chi connectivity index (χ2v) is 2.90. The van der Waals surface area contributed by atoms with E-state index in [2.05, 4.69) is 11.9 Å². The van der Waals surface area contributed by atoms with Gasteiger partial charge in [-0.3, -0.25) is 16.4 Å². The van der Waals surface area contributed by atoms with Crippen molar-refractivity contribution < 1.29 is 0 Å². The number of nitrogens with zero attached hydrogens (tertiary/aromatic N) is 1. The van der Waals surface area contributed by atoms with Crippen LogP contribution in [0.25, 0.3) is 0 Å². The summed E-state index contributed by atoms with van der Waals surface area (Å²) in [5, 5.41) is 3.14. The third-order valence-corrected chi connectivity index (χ3v) is 1.90. The Morgan fingerprint density at radius 1 is 1.64 bits per heavy atom. The third kappa shape index (κ3) is 2.00. The molecule has 64 valence electrons. The quantitative estimate of drug-likeness (QED) is 0.341. The molecule has 4 heteroatoms. The minimum atomic E-state index is -0.702. The summed E-state index contributed by atoms with van der Waals surface area (Å²) in [5.74, 6) is -0.702. The van der Waals surface area contributed by atoms with Gasteiger partial charge in [0.15, 0.2) is 0 Å². The highest BCUT2D eigenvalue weighted by molar-refractivity contribution is 4.89. The van der Waals surface area contributed by atoms with E-state index in [0.29, 0.717) is 6.54 Å². The van der Waals surface area contributed by atoms with Crippen LogP contribution in [0.5, 0.6) is 0 Å². The molecule has 1 heterocycles. The van der Waals surface area contributed by atoms with E-state index in [0.717, 1.165) is 19.6 Å². The van der Waals surface area contributed by atoms with E-state index in [4.69, 9.17) is 11.5 Å². The van der Waals surface area contributed by atoms with Crippen LogP contribution in [0, 0.1) is 0 Å². The lowest BCUT2D eigenvalue weighted by Gasteiger charge is -2.41. The predicted octanol–water partition coefficient (Wildman–Crippen LogP) is -1.35. The first-order valence-corrected chi connectivity index (χ1v) is 3.81. The first-order chi connectivity index (χ1) is 5.17. The molecule has 1 aliphatic heterocycles. The molecule has 0 radical (unpaired) electrons. The summed E-state index contributed by atoms with van der Waals surface area (Å²) in [5.41, 5.74) is 11.6. The Kier molecular flexibility index (Phi) is 2.62. The summed E-state index contributed by atoms with van der Waals surface area (Å²) < 4.78 is 0. The topological polar surface area (TPSA) is 67.3 Å². The highest BCUT2D eigenvalue weighted by Gasteiger charge is 2.29. The minimum Gasteiger partial charge on any atom is -0.311 e. The van der Waals surface area contributed by atoms with E-state index in [1.165, 1.54) is 0 Å². The summed E-state index contributed by atoms with van der Waals surface area (Å²) in [6.07, 6.45) is 1.82. The van der Waals surface area contributed by atoms with Crippen molar-refractivity contribution in [2.75, 3.05) is 26.2 Å². The first kappa shape index (κ1) is 8.67. The van der Waals surface area contributed by atoms with Gasteiger partial charge in [-0.1, -0.05) is 6.08 Å². The molecule has 0 amide bonds. The van der Waals surface area contributed by atoms with Gasteiger partial charge in [0.25, 0.3) is 0 Å². The predicted molar refractivity (Wildman–Crippen MR) is 45.7 cm³/mol. The SMILES string of the molecule is C=CCN1CCNCC1(N)N. The average Bonchev–Trinajstić information content (AvgIpc) is 1.94. The highest BCUT2D eigenvalue weighted by Crippen LogP contribution is 2.03. The summed E-state index contributed by atoms with van der Waals surface area (Å²) in [4.78, 5) is 2.01. The first-order valence-electron chi connectivity index (χ1n) is 3.81. The van der Waals surface area contributed by atoms with E-state index in [-0.39, 0.29) is 0 Å². The fourth-order valence-corrected chi connectivity index (χ4v) is 1.24. The Labute approximate surface area is 67.2 Å². The molecule has 1 saturated heterocycles. The van der Waals surface area contributed by atoms with Gasteiger partial charge in [-0.05, 0) is 0 Å². The Balaban J connectivity index is 2.52. The monoisotopic (exact) mass is 156 g/mol. The van der Waals surface area contributed by atoms with Gasteiger partial charge in [-0.2, -0.15) is 0 Å². The third-order valence-electron chi connectivity index (χ3n) is 1.90. The maximum Gasteiger partial charge on any atom is 0.134 e. The molecule has 0 bridgehead atoms. The van der Waals surface area contributed by atoms with Crippen LogP contribution in [0.4, 0.5) is 0 Å². The Morgan fingerprint density at radius 2 is 2.36 bits per heavy atom. The van der Waals surface area contributed by atoms with Crippen LogP contribution in [0.3, 0.4) is 0 Å². The van der Waals surface area contributed by atoms with Crippen LogP contribution < -0.4 is 16.8 Å². The lowest BCUT2D eigenvalue weighted by molar-refractivity contribution is 0.0829. The number of hydrogen-bond acceptors (Lipinski definition) is 4.